The van der Waals surface area contributed by atoms with Gasteiger partial charge in [0.1, 0.15) is 10.0 Å². The second-order valence-electron chi connectivity index (χ2n) is 6.44. The van der Waals surface area contributed by atoms with Crippen LogP contribution in [-0.2, 0) is 21.4 Å². The Morgan fingerprint density at radius 3 is 2.88 bits per heavy atom. The van der Waals surface area contributed by atoms with Crippen LogP contribution in [0.1, 0.15) is 24.0 Å². The number of rotatable bonds is 5. The Morgan fingerprint density at radius 1 is 1.38 bits per heavy atom. The van der Waals surface area contributed by atoms with E-state index in [4.69, 9.17) is 0 Å². The smallest absolute Gasteiger partial charge is 0.252 e. The minimum atomic E-state index is -3.54. The number of piperidine rings is 1. The van der Waals surface area contributed by atoms with Crippen LogP contribution in [-0.4, -0.2) is 31.7 Å². The Balaban J connectivity index is 1.62. The zero-order valence-electron chi connectivity index (χ0n) is 14.4. The standard InChI is InChI=1S/C18H21FN2O3S2/c1-13-6-7-14(10-16(13)19)11-20-18(22)15-4-2-8-21(12-15)26(23,24)17-5-3-9-25-17/h3,5-7,9-10,15H,2,4,8,11-12H2,1H3,(H,20,22). The third-order valence-electron chi connectivity index (χ3n) is 4.55. The number of amides is 1. The molecular formula is C18H21FN2O3S2. The van der Waals surface area contributed by atoms with Crippen molar-refractivity contribution in [3.63, 3.8) is 0 Å². The van der Waals surface area contributed by atoms with E-state index in [2.05, 4.69) is 5.32 Å². The monoisotopic (exact) mass is 396 g/mol. The molecule has 1 atom stereocenters. The summed E-state index contributed by atoms with van der Waals surface area (Å²) in [7, 11) is -3.54. The van der Waals surface area contributed by atoms with Gasteiger partial charge in [-0.25, -0.2) is 12.8 Å². The number of carbonyl (C=O) groups excluding carboxylic acids is 1. The van der Waals surface area contributed by atoms with Crippen LogP contribution in [0.4, 0.5) is 4.39 Å². The molecule has 1 N–H and O–H groups in total. The van der Waals surface area contributed by atoms with Gasteiger partial charge in [0.05, 0.1) is 5.92 Å². The average molecular weight is 397 g/mol. The number of benzene rings is 1. The summed E-state index contributed by atoms with van der Waals surface area (Å²) in [5, 5.41) is 4.52. The predicted molar refractivity (Wildman–Crippen MR) is 98.8 cm³/mol. The lowest BCUT2D eigenvalue weighted by atomic mass is 9.98. The average Bonchev–Trinajstić information content (AvgIpc) is 3.18. The van der Waals surface area contributed by atoms with Crippen molar-refractivity contribution in [2.75, 3.05) is 13.1 Å². The first kappa shape index (κ1) is 19.0. The molecule has 5 nitrogen and oxygen atoms in total. The summed E-state index contributed by atoms with van der Waals surface area (Å²) in [6, 6.07) is 8.13. The van der Waals surface area contributed by atoms with Crippen LogP contribution >= 0.6 is 11.3 Å². The summed E-state index contributed by atoms with van der Waals surface area (Å²) in [5.74, 6) is -0.895. The van der Waals surface area contributed by atoms with Crippen molar-refractivity contribution in [2.24, 2.45) is 5.92 Å². The highest BCUT2D eigenvalue weighted by Gasteiger charge is 2.33. The predicted octanol–water partition coefficient (Wildman–Crippen LogP) is 2.91. The second-order valence-corrected chi connectivity index (χ2v) is 9.55. The zero-order valence-corrected chi connectivity index (χ0v) is 16.1. The Kier molecular flexibility index (Phi) is 5.74. The van der Waals surface area contributed by atoms with Gasteiger partial charge in [0, 0.05) is 19.6 Å². The molecule has 0 radical (unpaired) electrons. The molecule has 0 spiro atoms. The molecule has 1 aliphatic rings. The van der Waals surface area contributed by atoms with Crippen molar-refractivity contribution in [3.8, 4) is 0 Å². The topological polar surface area (TPSA) is 66.5 Å². The van der Waals surface area contributed by atoms with Gasteiger partial charge in [-0.2, -0.15) is 4.31 Å². The van der Waals surface area contributed by atoms with Crippen LogP contribution in [0.25, 0.3) is 0 Å². The molecule has 1 amide bonds. The summed E-state index contributed by atoms with van der Waals surface area (Å²) < 4.78 is 40.5. The van der Waals surface area contributed by atoms with E-state index in [-0.39, 0.29) is 24.8 Å². The van der Waals surface area contributed by atoms with E-state index in [1.54, 1.807) is 36.6 Å². The van der Waals surface area contributed by atoms with Gasteiger partial charge in [-0.3, -0.25) is 4.79 Å². The molecule has 8 heteroatoms. The molecule has 1 aromatic heterocycles. The molecule has 1 saturated heterocycles. The maximum absolute atomic E-state index is 13.6. The highest BCUT2D eigenvalue weighted by atomic mass is 32.2. The molecular weight excluding hydrogens is 375 g/mol. The third-order valence-corrected chi connectivity index (χ3v) is 7.79. The Hall–Kier alpha value is -1.77. The molecule has 1 aliphatic heterocycles. The lowest BCUT2D eigenvalue weighted by molar-refractivity contribution is -0.126. The van der Waals surface area contributed by atoms with Crippen LogP contribution in [0.2, 0.25) is 0 Å². The fourth-order valence-corrected chi connectivity index (χ4v) is 5.66. The minimum absolute atomic E-state index is 0.175. The molecule has 0 aliphatic carbocycles. The van der Waals surface area contributed by atoms with E-state index >= 15 is 0 Å². The van der Waals surface area contributed by atoms with Crippen LogP contribution < -0.4 is 5.32 Å². The SMILES string of the molecule is Cc1ccc(CNC(=O)C2CCCN(S(=O)(=O)c3cccs3)C2)cc1F. The number of halogens is 1. The highest BCUT2D eigenvalue weighted by molar-refractivity contribution is 7.91. The van der Waals surface area contributed by atoms with Gasteiger partial charge in [-0.15, -0.1) is 11.3 Å². The summed E-state index contributed by atoms with van der Waals surface area (Å²) in [4.78, 5) is 12.5. The van der Waals surface area contributed by atoms with Crippen molar-refractivity contribution in [3.05, 3.63) is 52.7 Å². The Labute approximate surface area is 156 Å². The number of sulfonamides is 1. The Bertz CT molecular complexity index is 882. The molecule has 1 unspecified atom stereocenters. The van der Waals surface area contributed by atoms with Gasteiger partial charge >= 0.3 is 0 Å². The van der Waals surface area contributed by atoms with Crippen molar-refractivity contribution in [2.45, 2.75) is 30.5 Å². The Morgan fingerprint density at radius 2 is 2.19 bits per heavy atom. The van der Waals surface area contributed by atoms with E-state index in [1.165, 1.54) is 21.7 Å². The van der Waals surface area contributed by atoms with Crippen LogP contribution in [0.15, 0.2) is 39.9 Å². The van der Waals surface area contributed by atoms with E-state index in [0.29, 0.717) is 34.7 Å². The van der Waals surface area contributed by atoms with Crippen molar-refractivity contribution in [1.82, 2.24) is 9.62 Å². The number of carbonyl (C=O) groups is 1. The lowest BCUT2D eigenvalue weighted by Crippen LogP contribution is -2.45. The normalized spacial score (nSPS) is 18.6. The molecule has 0 saturated carbocycles. The van der Waals surface area contributed by atoms with Gasteiger partial charge in [-0.05, 0) is 48.4 Å². The quantitative estimate of drug-likeness (QED) is 0.845. The second kappa shape index (κ2) is 7.85. The number of aryl methyl sites for hydroxylation is 1. The number of nitrogens with one attached hydrogen (secondary N) is 1. The summed E-state index contributed by atoms with van der Waals surface area (Å²) >= 11 is 1.18. The first-order chi connectivity index (χ1) is 12.4. The van der Waals surface area contributed by atoms with Gasteiger partial charge in [0.15, 0.2) is 0 Å². The molecule has 140 valence electrons. The molecule has 2 heterocycles. The van der Waals surface area contributed by atoms with E-state index in [1.807, 2.05) is 0 Å². The maximum atomic E-state index is 13.6. The first-order valence-corrected chi connectivity index (χ1v) is 10.8. The van der Waals surface area contributed by atoms with E-state index in [0.717, 1.165) is 0 Å². The van der Waals surface area contributed by atoms with Gasteiger partial charge in [0.25, 0.3) is 10.0 Å². The summed E-state index contributed by atoms with van der Waals surface area (Å²) in [6.45, 7) is 2.51. The summed E-state index contributed by atoms with van der Waals surface area (Å²) in [5.41, 5.74) is 1.24. The number of thiophene rings is 1. The fourth-order valence-electron chi connectivity index (χ4n) is 2.99. The summed E-state index contributed by atoms with van der Waals surface area (Å²) in [6.07, 6.45) is 1.28. The molecule has 2 aromatic rings. The van der Waals surface area contributed by atoms with E-state index < -0.39 is 15.9 Å². The highest BCUT2D eigenvalue weighted by Crippen LogP contribution is 2.26. The molecule has 3 rings (SSSR count). The molecule has 1 aromatic carbocycles. The number of hydrogen-bond donors (Lipinski definition) is 1. The van der Waals surface area contributed by atoms with Crippen LogP contribution in [0.5, 0.6) is 0 Å². The number of nitrogens with zero attached hydrogens (tertiary/aromatic N) is 1. The van der Waals surface area contributed by atoms with E-state index in [9.17, 15) is 17.6 Å². The molecule has 1 fully saturated rings. The molecule has 0 bridgehead atoms. The minimum Gasteiger partial charge on any atom is -0.352 e. The fraction of sp³-hybridized carbons (Fsp3) is 0.389. The largest absolute Gasteiger partial charge is 0.352 e. The van der Waals surface area contributed by atoms with Crippen molar-refractivity contribution < 1.29 is 17.6 Å². The third kappa shape index (κ3) is 4.13. The maximum Gasteiger partial charge on any atom is 0.252 e. The first-order valence-electron chi connectivity index (χ1n) is 8.44. The van der Waals surface area contributed by atoms with Crippen molar-refractivity contribution >= 4 is 27.3 Å². The van der Waals surface area contributed by atoms with Gasteiger partial charge in [-0.1, -0.05) is 18.2 Å². The molecule has 26 heavy (non-hydrogen) atoms. The van der Waals surface area contributed by atoms with Gasteiger partial charge in [0.2, 0.25) is 5.91 Å². The van der Waals surface area contributed by atoms with Crippen LogP contribution in [0.3, 0.4) is 0 Å². The number of hydrogen-bond acceptors (Lipinski definition) is 4. The zero-order chi connectivity index (χ0) is 18.7. The van der Waals surface area contributed by atoms with Crippen molar-refractivity contribution in [1.29, 1.82) is 0 Å². The van der Waals surface area contributed by atoms with Gasteiger partial charge < -0.3 is 5.32 Å². The van der Waals surface area contributed by atoms with Crippen LogP contribution in [0, 0.1) is 18.7 Å². The lowest BCUT2D eigenvalue weighted by Gasteiger charge is -2.30.